The van der Waals surface area contributed by atoms with E-state index in [1.165, 1.54) is 51.4 Å². The topological polar surface area (TPSA) is 46.2 Å². The summed E-state index contributed by atoms with van der Waals surface area (Å²) in [5.41, 5.74) is 5.59. The van der Waals surface area contributed by atoms with E-state index in [9.17, 15) is 5.11 Å². The molecule has 2 unspecified atom stereocenters. The minimum Gasteiger partial charge on any atom is -0.392 e. The summed E-state index contributed by atoms with van der Waals surface area (Å²) < 4.78 is 0. The summed E-state index contributed by atoms with van der Waals surface area (Å²) >= 11 is 0. The van der Waals surface area contributed by atoms with Crippen molar-refractivity contribution in [1.82, 2.24) is 0 Å². The van der Waals surface area contributed by atoms with Gasteiger partial charge in [0.1, 0.15) is 0 Å². The van der Waals surface area contributed by atoms with Crippen LogP contribution < -0.4 is 5.73 Å². The fraction of sp³-hybridized carbons (Fsp3) is 1.00. The van der Waals surface area contributed by atoms with Crippen molar-refractivity contribution in [2.24, 2.45) is 5.73 Å². The molecule has 98 valence electrons. The Labute approximate surface area is 102 Å². The molecule has 0 heterocycles. The first-order valence-electron chi connectivity index (χ1n) is 7.12. The SMILES string of the molecule is CCCCCCCCCCCC(O)C(C)N. The number of unbranched alkanes of at least 4 members (excludes halogenated alkanes) is 8. The monoisotopic (exact) mass is 229 g/mol. The molecule has 0 aliphatic carbocycles. The number of nitrogens with two attached hydrogens (primary N) is 1. The highest BCUT2D eigenvalue weighted by Crippen LogP contribution is 2.11. The molecule has 2 nitrogen and oxygen atoms in total. The van der Waals surface area contributed by atoms with Gasteiger partial charge in [-0.3, -0.25) is 0 Å². The van der Waals surface area contributed by atoms with E-state index < -0.39 is 0 Å². The van der Waals surface area contributed by atoms with Crippen molar-refractivity contribution in [2.75, 3.05) is 0 Å². The Morgan fingerprint density at radius 1 is 0.875 bits per heavy atom. The molecule has 16 heavy (non-hydrogen) atoms. The third-order valence-electron chi connectivity index (χ3n) is 3.21. The van der Waals surface area contributed by atoms with Crippen LogP contribution in [-0.2, 0) is 0 Å². The van der Waals surface area contributed by atoms with E-state index >= 15 is 0 Å². The van der Waals surface area contributed by atoms with Crippen molar-refractivity contribution >= 4 is 0 Å². The zero-order valence-corrected chi connectivity index (χ0v) is 11.3. The molecule has 3 N–H and O–H groups in total. The van der Waals surface area contributed by atoms with Crippen LogP contribution in [0.15, 0.2) is 0 Å². The molecule has 0 fully saturated rings. The van der Waals surface area contributed by atoms with Crippen molar-refractivity contribution in [3.8, 4) is 0 Å². The lowest BCUT2D eigenvalue weighted by Gasteiger charge is -2.13. The standard InChI is InChI=1S/C14H31NO/c1-3-4-5-6-7-8-9-10-11-12-14(16)13(2)15/h13-14,16H,3-12,15H2,1-2H3. The summed E-state index contributed by atoms with van der Waals surface area (Å²) in [6.07, 6.45) is 12.5. The number of hydrogen-bond acceptors (Lipinski definition) is 2. The summed E-state index contributed by atoms with van der Waals surface area (Å²) in [6, 6.07) is -0.0750. The molecule has 0 radical (unpaired) electrons. The van der Waals surface area contributed by atoms with Gasteiger partial charge in [0, 0.05) is 6.04 Å². The lowest BCUT2D eigenvalue weighted by molar-refractivity contribution is 0.138. The molecule has 0 bridgehead atoms. The average Bonchev–Trinajstić information content (AvgIpc) is 2.26. The highest BCUT2D eigenvalue weighted by molar-refractivity contribution is 4.65. The maximum absolute atomic E-state index is 9.50. The van der Waals surface area contributed by atoms with E-state index in [2.05, 4.69) is 6.92 Å². The Morgan fingerprint density at radius 3 is 1.75 bits per heavy atom. The lowest BCUT2D eigenvalue weighted by Crippen LogP contribution is -2.31. The second kappa shape index (κ2) is 11.4. The number of aliphatic hydroxyl groups excluding tert-OH is 1. The molecule has 0 aliphatic heterocycles. The van der Waals surface area contributed by atoms with E-state index in [1.807, 2.05) is 6.92 Å². The number of rotatable bonds is 11. The smallest absolute Gasteiger partial charge is 0.0688 e. The van der Waals surface area contributed by atoms with Crippen molar-refractivity contribution in [1.29, 1.82) is 0 Å². The first kappa shape index (κ1) is 15.9. The van der Waals surface area contributed by atoms with Gasteiger partial charge in [-0.15, -0.1) is 0 Å². The fourth-order valence-electron chi connectivity index (χ4n) is 1.93. The summed E-state index contributed by atoms with van der Waals surface area (Å²) in [7, 11) is 0. The third-order valence-corrected chi connectivity index (χ3v) is 3.21. The van der Waals surface area contributed by atoms with Crippen molar-refractivity contribution in [2.45, 2.75) is 90.2 Å². The van der Waals surface area contributed by atoms with Crippen LogP contribution >= 0.6 is 0 Å². The van der Waals surface area contributed by atoms with Crippen molar-refractivity contribution in [3.63, 3.8) is 0 Å². The molecule has 0 rings (SSSR count). The fourth-order valence-corrected chi connectivity index (χ4v) is 1.93. The van der Waals surface area contributed by atoms with Crippen LogP contribution in [0.1, 0.15) is 78.1 Å². The van der Waals surface area contributed by atoms with Gasteiger partial charge >= 0.3 is 0 Å². The minimum absolute atomic E-state index is 0.0750. The molecule has 2 heteroatoms. The van der Waals surface area contributed by atoms with Crippen LogP contribution in [0.5, 0.6) is 0 Å². The predicted octanol–water partition coefficient (Wildman–Crippen LogP) is 3.62. The normalized spacial score (nSPS) is 15.0. The molecule has 0 saturated heterocycles. The van der Waals surface area contributed by atoms with Gasteiger partial charge < -0.3 is 10.8 Å². The van der Waals surface area contributed by atoms with Crippen LogP contribution in [0.4, 0.5) is 0 Å². The molecule has 0 saturated carbocycles. The van der Waals surface area contributed by atoms with Crippen LogP contribution in [0.25, 0.3) is 0 Å². The predicted molar refractivity (Wildman–Crippen MR) is 71.5 cm³/mol. The highest BCUT2D eigenvalue weighted by Gasteiger charge is 2.07. The second-order valence-electron chi connectivity index (χ2n) is 5.04. The molecule has 0 aromatic rings. The van der Waals surface area contributed by atoms with Gasteiger partial charge in [-0.2, -0.15) is 0 Å². The van der Waals surface area contributed by atoms with Crippen LogP contribution in [0.2, 0.25) is 0 Å². The highest BCUT2D eigenvalue weighted by atomic mass is 16.3. The van der Waals surface area contributed by atoms with E-state index in [0.29, 0.717) is 0 Å². The molecule has 0 aliphatic rings. The van der Waals surface area contributed by atoms with E-state index in [4.69, 9.17) is 5.73 Å². The molecule has 0 amide bonds. The van der Waals surface area contributed by atoms with Gasteiger partial charge in [-0.1, -0.05) is 64.7 Å². The summed E-state index contributed by atoms with van der Waals surface area (Å²) in [4.78, 5) is 0. The Balaban J connectivity index is 3.04. The number of hydrogen-bond donors (Lipinski definition) is 2. The van der Waals surface area contributed by atoms with E-state index in [0.717, 1.165) is 12.8 Å². The van der Waals surface area contributed by atoms with Crippen molar-refractivity contribution in [3.05, 3.63) is 0 Å². The van der Waals surface area contributed by atoms with E-state index in [-0.39, 0.29) is 12.1 Å². The van der Waals surface area contributed by atoms with Gasteiger partial charge in [-0.05, 0) is 13.3 Å². The van der Waals surface area contributed by atoms with Crippen LogP contribution in [0, 0.1) is 0 Å². The third kappa shape index (κ3) is 10.4. The molecule has 0 spiro atoms. The minimum atomic E-state index is -0.301. The van der Waals surface area contributed by atoms with Gasteiger partial charge in [0.05, 0.1) is 6.10 Å². The molecule has 0 aromatic carbocycles. The Morgan fingerprint density at radius 2 is 1.31 bits per heavy atom. The Bertz CT molecular complexity index is 137. The maximum atomic E-state index is 9.50. The molecule has 2 atom stereocenters. The summed E-state index contributed by atoms with van der Waals surface area (Å²) in [5.74, 6) is 0. The van der Waals surface area contributed by atoms with Crippen LogP contribution in [-0.4, -0.2) is 17.3 Å². The van der Waals surface area contributed by atoms with Crippen molar-refractivity contribution < 1.29 is 5.11 Å². The summed E-state index contributed by atoms with van der Waals surface area (Å²) in [6.45, 7) is 4.13. The maximum Gasteiger partial charge on any atom is 0.0688 e. The average molecular weight is 229 g/mol. The van der Waals surface area contributed by atoms with Crippen LogP contribution in [0.3, 0.4) is 0 Å². The molecule has 0 aromatic heterocycles. The molecular formula is C14H31NO. The Hall–Kier alpha value is -0.0800. The number of aliphatic hydroxyl groups is 1. The largest absolute Gasteiger partial charge is 0.392 e. The first-order valence-corrected chi connectivity index (χ1v) is 7.12. The van der Waals surface area contributed by atoms with E-state index in [1.54, 1.807) is 0 Å². The Kier molecular flexibility index (Phi) is 11.3. The van der Waals surface area contributed by atoms with Gasteiger partial charge in [0.25, 0.3) is 0 Å². The molecular weight excluding hydrogens is 198 g/mol. The first-order chi connectivity index (χ1) is 7.68. The zero-order chi connectivity index (χ0) is 12.2. The zero-order valence-electron chi connectivity index (χ0n) is 11.3. The van der Waals surface area contributed by atoms with Gasteiger partial charge in [-0.25, -0.2) is 0 Å². The second-order valence-corrected chi connectivity index (χ2v) is 5.04. The lowest BCUT2D eigenvalue weighted by atomic mass is 10.0. The van der Waals surface area contributed by atoms with Gasteiger partial charge in [0.15, 0.2) is 0 Å². The summed E-state index contributed by atoms with van der Waals surface area (Å²) in [5, 5.41) is 9.50. The quantitative estimate of drug-likeness (QED) is 0.532. The van der Waals surface area contributed by atoms with Gasteiger partial charge in [0.2, 0.25) is 0 Å².